The van der Waals surface area contributed by atoms with Crippen LogP contribution in [0.5, 0.6) is 0 Å². The molecule has 4 nitrogen and oxygen atoms in total. The predicted molar refractivity (Wildman–Crippen MR) is 51.6 cm³/mol. The lowest BCUT2D eigenvalue weighted by atomic mass is 10.4. The number of rotatable bonds is 5. The molecule has 0 radical (unpaired) electrons. The molecule has 1 aromatic rings. The number of nitrogens with zero attached hydrogens (tertiary/aromatic N) is 2. The third-order valence-electron chi connectivity index (χ3n) is 1.88. The molecule has 13 heavy (non-hydrogen) atoms. The summed E-state index contributed by atoms with van der Waals surface area (Å²) in [5.41, 5.74) is 1.06. The van der Waals surface area contributed by atoms with E-state index in [1.54, 1.807) is 7.11 Å². The van der Waals surface area contributed by atoms with Gasteiger partial charge >= 0.3 is 0 Å². The lowest BCUT2D eigenvalue weighted by Crippen LogP contribution is -2.13. The van der Waals surface area contributed by atoms with Crippen LogP contribution in [0.15, 0.2) is 12.3 Å². The van der Waals surface area contributed by atoms with Gasteiger partial charge < -0.3 is 10.1 Å². The molecule has 1 atom stereocenters. The van der Waals surface area contributed by atoms with Gasteiger partial charge in [-0.3, -0.25) is 4.68 Å². The SMILES string of the molecule is CNCc1ccn(C(C)COC)n1. The fourth-order valence-corrected chi connectivity index (χ4v) is 1.22. The van der Waals surface area contributed by atoms with Crippen molar-refractivity contribution in [1.82, 2.24) is 15.1 Å². The fraction of sp³-hybridized carbons (Fsp3) is 0.667. The molecule has 1 unspecified atom stereocenters. The van der Waals surface area contributed by atoms with Crippen LogP contribution in [0, 0.1) is 0 Å². The zero-order valence-corrected chi connectivity index (χ0v) is 8.45. The third kappa shape index (κ3) is 2.82. The molecule has 0 aliphatic rings. The summed E-state index contributed by atoms with van der Waals surface area (Å²) in [5, 5.41) is 7.45. The van der Waals surface area contributed by atoms with Crippen molar-refractivity contribution in [2.45, 2.75) is 19.5 Å². The van der Waals surface area contributed by atoms with E-state index in [1.165, 1.54) is 0 Å². The van der Waals surface area contributed by atoms with Crippen molar-refractivity contribution in [3.05, 3.63) is 18.0 Å². The summed E-state index contributed by atoms with van der Waals surface area (Å²) < 4.78 is 6.98. The molecule has 0 aromatic carbocycles. The van der Waals surface area contributed by atoms with Crippen LogP contribution in [-0.4, -0.2) is 30.5 Å². The summed E-state index contributed by atoms with van der Waals surface area (Å²) >= 11 is 0. The normalized spacial score (nSPS) is 13.2. The lowest BCUT2D eigenvalue weighted by Gasteiger charge is -2.10. The van der Waals surface area contributed by atoms with Crippen molar-refractivity contribution in [2.24, 2.45) is 0 Å². The van der Waals surface area contributed by atoms with E-state index < -0.39 is 0 Å². The number of methoxy groups -OCH3 is 1. The number of nitrogens with one attached hydrogen (secondary N) is 1. The molecule has 0 aliphatic heterocycles. The largest absolute Gasteiger partial charge is 0.382 e. The van der Waals surface area contributed by atoms with E-state index in [0.29, 0.717) is 12.6 Å². The molecule has 1 heterocycles. The molecule has 0 aliphatic carbocycles. The van der Waals surface area contributed by atoms with Gasteiger partial charge in [0.25, 0.3) is 0 Å². The van der Waals surface area contributed by atoms with E-state index >= 15 is 0 Å². The summed E-state index contributed by atoms with van der Waals surface area (Å²) in [4.78, 5) is 0. The van der Waals surface area contributed by atoms with E-state index in [2.05, 4.69) is 17.3 Å². The van der Waals surface area contributed by atoms with Gasteiger partial charge in [0.05, 0.1) is 18.3 Å². The maximum Gasteiger partial charge on any atom is 0.0762 e. The zero-order valence-electron chi connectivity index (χ0n) is 8.45. The second-order valence-corrected chi connectivity index (χ2v) is 3.12. The quantitative estimate of drug-likeness (QED) is 0.734. The Hall–Kier alpha value is -0.870. The fourth-order valence-electron chi connectivity index (χ4n) is 1.22. The smallest absolute Gasteiger partial charge is 0.0762 e. The molecule has 0 saturated carbocycles. The van der Waals surface area contributed by atoms with Gasteiger partial charge in [0, 0.05) is 19.9 Å². The Morgan fingerprint density at radius 1 is 1.69 bits per heavy atom. The average Bonchev–Trinajstić information content (AvgIpc) is 2.54. The molecule has 1 N–H and O–H groups in total. The number of hydrogen-bond acceptors (Lipinski definition) is 3. The van der Waals surface area contributed by atoms with Crippen molar-refractivity contribution in [3.63, 3.8) is 0 Å². The first kappa shape index (κ1) is 10.2. The van der Waals surface area contributed by atoms with Crippen molar-refractivity contribution < 1.29 is 4.74 Å². The monoisotopic (exact) mass is 183 g/mol. The van der Waals surface area contributed by atoms with E-state index in [9.17, 15) is 0 Å². The molecule has 1 rings (SSSR count). The maximum absolute atomic E-state index is 5.05. The molecule has 0 bridgehead atoms. The average molecular weight is 183 g/mol. The van der Waals surface area contributed by atoms with Gasteiger partial charge in [-0.15, -0.1) is 0 Å². The summed E-state index contributed by atoms with van der Waals surface area (Å²) in [6, 6.07) is 2.32. The highest BCUT2D eigenvalue weighted by Crippen LogP contribution is 2.05. The Morgan fingerprint density at radius 3 is 3.08 bits per heavy atom. The van der Waals surface area contributed by atoms with E-state index in [-0.39, 0.29) is 0 Å². The van der Waals surface area contributed by atoms with Crippen molar-refractivity contribution in [2.75, 3.05) is 20.8 Å². The first-order valence-electron chi connectivity index (χ1n) is 4.45. The molecule has 0 saturated heterocycles. The second kappa shape index (κ2) is 4.99. The van der Waals surface area contributed by atoms with Crippen molar-refractivity contribution >= 4 is 0 Å². The molecular weight excluding hydrogens is 166 g/mol. The van der Waals surface area contributed by atoms with Crippen LogP contribution in [-0.2, 0) is 11.3 Å². The van der Waals surface area contributed by atoms with Crippen molar-refractivity contribution in [3.8, 4) is 0 Å². The highest BCUT2D eigenvalue weighted by molar-refractivity contribution is 4.98. The molecular formula is C9H17N3O. The number of ether oxygens (including phenoxy) is 1. The van der Waals surface area contributed by atoms with Gasteiger partial charge in [-0.2, -0.15) is 5.10 Å². The van der Waals surface area contributed by atoms with Gasteiger partial charge in [0.1, 0.15) is 0 Å². The van der Waals surface area contributed by atoms with Gasteiger partial charge in [0.2, 0.25) is 0 Å². The van der Waals surface area contributed by atoms with Crippen LogP contribution >= 0.6 is 0 Å². The van der Waals surface area contributed by atoms with Crippen LogP contribution < -0.4 is 5.32 Å². The number of aromatic nitrogens is 2. The van der Waals surface area contributed by atoms with Gasteiger partial charge in [-0.1, -0.05) is 0 Å². The molecule has 4 heteroatoms. The third-order valence-corrected chi connectivity index (χ3v) is 1.88. The minimum absolute atomic E-state index is 0.301. The van der Waals surface area contributed by atoms with Crippen LogP contribution in [0.2, 0.25) is 0 Å². The van der Waals surface area contributed by atoms with E-state index in [1.807, 2.05) is 24.0 Å². The van der Waals surface area contributed by atoms with E-state index in [4.69, 9.17) is 4.74 Å². The lowest BCUT2D eigenvalue weighted by molar-refractivity contribution is 0.157. The molecule has 74 valence electrons. The first-order valence-corrected chi connectivity index (χ1v) is 4.45. The van der Waals surface area contributed by atoms with Gasteiger partial charge in [0.15, 0.2) is 0 Å². The summed E-state index contributed by atoms with van der Waals surface area (Å²) in [6.45, 7) is 3.59. The Balaban J connectivity index is 2.56. The van der Waals surface area contributed by atoms with Crippen LogP contribution in [0.25, 0.3) is 0 Å². The Bertz CT molecular complexity index is 247. The Labute approximate surface area is 78.9 Å². The van der Waals surface area contributed by atoms with Crippen molar-refractivity contribution in [1.29, 1.82) is 0 Å². The second-order valence-electron chi connectivity index (χ2n) is 3.12. The van der Waals surface area contributed by atoms with E-state index in [0.717, 1.165) is 12.2 Å². The van der Waals surface area contributed by atoms with Crippen LogP contribution in [0.4, 0.5) is 0 Å². The maximum atomic E-state index is 5.05. The van der Waals surface area contributed by atoms with Crippen LogP contribution in [0.3, 0.4) is 0 Å². The summed E-state index contributed by atoms with van der Waals surface area (Å²) in [5.74, 6) is 0. The standard InChI is InChI=1S/C9H17N3O/c1-8(7-13-3)12-5-4-9(11-12)6-10-2/h4-5,8,10H,6-7H2,1-3H3. The topological polar surface area (TPSA) is 39.1 Å². The van der Waals surface area contributed by atoms with Gasteiger partial charge in [-0.25, -0.2) is 0 Å². The first-order chi connectivity index (χ1) is 6.27. The molecule has 0 amide bonds. The Kier molecular flexibility index (Phi) is 3.92. The van der Waals surface area contributed by atoms with Gasteiger partial charge in [-0.05, 0) is 20.0 Å². The van der Waals surface area contributed by atoms with Crippen LogP contribution in [0.1, 0.15) is 18.7 Å². The molecule has 1 aromatic heterocycles. The Morgan fingerprint density at radius 2 is 2.46 bits per heavy atom. The highest BCUT2D eigenvalue weighted by atomic mass is 16.5. The minimum atomic E-state index is 0.301. The molecule has 0 fully saturated rings. The number of hydrogen-bond donors (Lipinski definition) is 1. The highest BCUT2D eigenvalue weighted by Gasteiger charge is 2.05. The zero-order chi connectivity index (χ0) is 9.68. The summed E-state index contributed by atoms with van der Waals surface area (Å²) in [7, 11) is 3.62. The predicted octanol–water partition coefficient (Wildman–Crippen LogP) is 0.810. The molecule has 0 spiro atoms. The minimum Gasteiger partial charge on any atom is -0.382 e. The summed E-state index contributed by atoms with van der Waals surface area (Å²) in [6.07, 6.45) is 1.98.